The van der Waals surface area contributed by atoms with Crippen molar-refractivity contribution >= 4 is 11.9 Å². The number of piperazine rings is 1. The predicted octanol–water partition coefficient (Wildman–Crippen LogP) is 1.30. The van der Waals surface area contributed by atoms with E-state index in [2.05, 4.69) is 36.8 Å². The van der Waals surface area contributed by atoms with Crippen LogP contribution in [0.3, 0.4) is 0 Å². The first-order valence-electron chi connectivity index (χ1n) is 10.9. The minimum Gasteiger partial charge on any atom is -0.339 e. The summed E-state index contributed by atoms with van der Waals surface area (Å²) in [6, 6.07) is 10.5. The van der Waals surface area contributed by atoms with Crippen LogP contribution in [0.2, 0.25) is 0 Å². The Bertz CT molecular complexity index is 866. The van der Waals surface area contributed by atoms with Gasteiger partial charge in [-0.15, -0.1) is 0 Å². The molecule has 8 heteroatoms. The molecule has 0 aliphatic carbocycles. The summed E-state index contributed by atoms with van der Waals surface area (Å²) < 4.78 is 15.6. The SMILES string of the molecule is O=C([C@@H]1C[C@H](N2CCN(c3nccn3-c3ccccc3)CC2)CN1)N1CCC(F)C1. The number of aromatic nitrogens is 2. The maximum Gasteiger partial charge on any atom is 0.239 e. The van der Waals surface area contributed by atoms with Gasteiger partial charge in [-0.2, -0.15) is 0 Å². The lowest BCUT2D eigenvalue weighted by Gasteiger charge is -2.38. The Morgan fingerprint density at radius 1 is 1.10 bits per heavy atom. The van der Waals surface area contributed by atoms with E-state index < -0.39 is 6.17 Å². The van der Waals surface area contributed by atoms with E-state index >= 15 is 0 Å². The van der Waals surface area contributed by atoms with Gasteiger partial charge in [-0.25, -0.2) is 9.37 Å². The second-order valence-electron chi connectivity index (χ2n) is 8.48. The largest absolute Gasteiger partial charge is 0.339 e. The van der Waals surface area contributed by atoms with Gasteiger partial charge >= 0.3 is 0 Å². The fraction of sp³-hybridized carbons (Fsp3) is 0.545. The molecular formula is C22H29FN6O. The molecule has 7 nitrogen and oxygen atoms in total. The molecule has 5 rings (SSSR count). The number of benzene rings is 1. The highest BCUT2D eigenvalue weighted by atomic mass is 19.1. The third-order valence-corrected chi connectivity index (χ3v) is 6.62. The van der Waals surface area contributed by atoms with Gasteiger partial charge in [0, 0.05) is 63.4 Å². The molecule has 1 unspecified atom stereocenters. The third kappa shape index (κ3) is 3.81. The van der Waals surface area contributed by atoms with Gasteiger partial charge in [0.05, 0.1) is 12.6 Å². The molecule has 3 aliphatic rings. The summed E-state index contributed by atoms with van der Waals surface area (Å²) in [5.41, 5.74) is 1.12. The summed E-state index contributed by atoms with van der Waals surface area (Å²) in [6.07, 6.45) is 4.29. The van der Waals surface area contributed by atoms with Crippen LogP contribution >= 0.6 is 0 Å². The number of rotatable bonds is 4. The maximum absolute atomic E-state index is 13.4. The first-order valence-corrected chi connectivity index (χ1v) is 10.9. The normalized spacial score (nSPS) is 27.7. The number of hydrogen-bond donors (Lipinski definition) is 1. The summed E-state index contributed by atoms with van der Waals surface area (Å²) in [7, 11) is 0. The lowest BCUT2D eigenvalue weighted by atomic mass is 10.1. The van der Waals surface area contributed by atoms with Crippen LogP contribution in [0.1, 0.15) is 12.8 Å². The first-order chi connectivity index (χ1) is 14.7. The van der Waals surface area contributed by atoms with E-state index in [0.29, 0.717) is 19.0 Å². The van der Waals surface area contributed by atoms with Crippen molar-refractivity contribution < 1.29 is 9.18 Å². The molecule has 3 saturated heterocycles. The van der Waals surface area contributed by atoms with Crippen molar-refractivity contribution in [1.82, 2.24) is 24.7 Å². The highest BCUT2D eigenvalue weighted by molar-refractivity contribution is 5.82. The van der Waals surface area contributed by atoms with Gasteiger partial charge < -0.3 is 15.1 Å². The molecule has 3 aliphatic heterocycles. The van der Waals surface area contributed by atoms with Crippen LogP contribution in [-0.2, 0) is 4.79 Å². The Morgan fingerprint density at radius 2 is 1.90 bits per heavy atom. The van der Waals surface area contributed by atoms with Crippen molar-refractivity contribution in [2.45, 2.75) is 31.1 Å². The molecule has 1 aromatic heterocycles. The molecule has 2 aromatic rings. The van der Waals surface area contributed by atoms with Gasteiger partial charge in [0.1, 0.15) is 6.17 Å². The second kappa shape index (κ2) is 8.35. The molecular weight excluding hydrogens is 383 g/mol. The van der Waals surface area contributed by atoms with Crippen molar-refractivity contribution in [2.75, 3.05) is 50.7 Å². The Kier molecular flexibility index (Phi) is 5.43. The Morgan fingerprint density at radius 3 is 2.63 bits per heavy atom. The zero-order valence-corrected chi connectivity index (χ0v) is 17.2. The molecule has 4 heterocycles. The highest BCUT2D eigenvalue weighted by Gasteiger charge is 2.38. The van der Waals surface area contributed by atoms with Gasteiger partial charge in [-0.3, -0.25) is 14.3 Å². The van der Waals surface area contributed by atoms with Crippen molar-refractivity contribution in [2.24, 2.45) is 0 Å². The molecule has 1 aromatic carbocycles. The van der Waals surface area contributed by atoms with E-state index in [9.17, 15) is 9.18 Å². The number of nitrogens with zero attached hydrogens (tertiary/aromatic N) is 5. The number of likely N-dealkylation sites (tertiary alicyclic amines) is 1. The van der Waals surface area contributed by atoms with Crippen LogP contribution in [0.15, 0.2) is 42.7 Å². The summed E-state index contributed by atoms with van der Waals surface area (Å²) in [5.74, 6) is 1.05. The summed E-state index contributed by atoms with van der Waals surface area (Å²) in [5, 5.41) is 3.38. The van der Waals surface area contributed by atoms with E-state index in [-0.39, 0.29) is 18.5 Å². The van der Waals surface area contributed by atoms with Crippen molar-refractivity contribution in [3.05, 3.63) is 42.7 Å². The third-order valence-electron chi connectivity index (χ3n) is 6.62. The topological polar surface area (TPSA) is 56.6 Å². The minimum atomic E-state index is -0.859. The predicted molar refractivity (Wildman–Crippen MR) is 114 cm³/mol. The first kappa shape index (κ1) is 19.5. The monoisotopic (exact) mass is 412 g/mol. The van der Waals surface area contributed by atoms with E-state index in [1.54, 1.807) is 4.90 Å². The van der Waals surface area contributed by atoms with Crippen LogP contribution < -0.4 is 10.2 Å². The Balaban J connectivity index is 1.17. The molecule has 1 N–H and O–H groups in total. The molecule has 0 radical (unpaired) electrons. The highest BCUT2D eigenvalue weighted by Crippen LogP contribution is 2.23. The Hall–Kier alpha value is -2.45. The number of carbonyl (C=O) groups excluding carboxylic acids is 1. The number of carbonyl (C=O) groups is 1. The zero-order chi connectivity index (χ0) is 20.5. The molecule has 3 atom stereocenters. The summed E-state index contributed by atoms with van der Waals surface area (Å²) in [6.45, 7) is 5.35. The van der Waals surface area contributed by atoms with Gasteiger partial charge in [0.2, 0.25) is 11.9 Å². The maximum atomic E-state index is 13.4. The number of anilines is 1. The van der Waals surface area contributed by atoms with Crippen LogP contribution in [0, 0.1) is 0 Å². The van der Waals surface area contributed by atoms with E-state index in [4.69, 9.17) is 0 Å². The average Bonchev–Trinajstić information content (AvgIpc) is 3.54. The number of amides is 1. The number of hydrogen-bond acceptors (Lipinski definition) is 5. The number of para-hydroxylation sites is 1. The smallest absolute Gasteiger partial charge is 0.239 e. The van der Waals surface area contributed by atoms with Crippen LogP contribution in [-0.4, -0.2) is 89.3 Å². The summed E-state index contributed by atoms with van der Waals surface area (Å²) in [4.78, 5) is 23.8. The van der Waals surface area contributed by atoms with Crippen molar-refractivity contribution in [3.63, 3.8) is 0 Å². The van der Waals surface area contributed by atoms with Crippen LogP contribution in [0.4, 0.5) is 10.3 Å². The lowest BCUT2D eigenvalue weighted by Crippen LogP contribution is -2.51. The zero-order valence-electron chi connectivity index (χ0n) is 17.2. The van der Waals surface area contributed by atoms with Crippen molar-refractivity contribution in [1.29, 1.82) is 0 Å². The second-order valence-corrected chi connectivity index (χ2v) is 8.48. The molecule has 30 heavy (non-hydrogen) atoms. The van der Waals surface area contributed by atoms with Crippen molar-refractivity contribution in [3.8, 4) is 5.69 Å². The number of halogens is 1. The van der Waals surface area contributed by atoms with Gasteiger partial charge in [-0.05, 0) is 25.0 Å². The quantitative estimate of drug-likeness (QED) is 0.820. The average molecular weight is 413 g/mol. The molecule has 0 spiro atoms. The van der Waals surface area contributed by atoms with E-state index in [1.165, 1.54) is 0 Å². The number of imidazole rings is 1. The standard InChI is InChI=1S/C22H29FN6O/c23-17-6-8-28(16-17)21(30)20-14-19(15-25-20)26-10-12-27(13-11-26)22-24-7-9-29(22)18-4-2-1-3-5-18/h1-5,7,9,17,19-20,25H,6,8,10-16H2/t17?,19-,20-/m0/s1. The van der Waals surface area contributed by atoms with Gasteiger partial charge in [-0.1, -0.05) is 18.2 Å². The molecule has 160 valence electrons. The summed E-state index contributed by atoms with van der Waals surface area (Å²) >= 11 is 0. The van der Waals surface area contributed by atoms with Crippen LogP contribution in [0.25, 0.3) is 5.69 Å². The van der Waals surface area contributed by atoms with E-state index in [1.807, 2.05) is 30.6 Å². The molecule has 3 fully saturated rings. The fourth-order valence-corrected chi connectivity index (χ4v) is 4.93. The van der Waals surface area contributed by atoms with E-state index in [0.717, 1.165) is 50.8 Å². The Labute approximate surface area is 176 Å². The van der Waals surface area contributed by atoms with Gasteiger partial charge in [0.15, 0.2) is 0 Å². The molecule has 1 amide bonds. The minimum absolute atomic E-state index is 0.0705. The molecule has 0 saturated carbocycles. The molecule has 0 bridgehead atoms. The number of nitrogens with one attached hydrogen (secondary N) is 1. The lowest BCUT2D eigenvalue weighted by molar-refractivity contribution is -0.132. The van der Waals surface area contributed by atoms with Gasteiger partial charge in [0.25, 0.3) is 0 Å². The fourth-order valence-electron chi connectivity index (χ4n) is 4.93. The number of alkyl halides is 1. The van der Waals surface area contributed by atoms with Crippen LogP contribution in [0.5, 0.6) is 0 Å².